The summed E-state index contributed by atoms with van der Waals surface area (Å²) in [6.45, 7) is 1.86. The molecule has 1 aromatic carbocycles. The van der Waals surface area contributed by atoms with Crippen LogP contribution in [-0.4, -0.2) is 17.6 Å². The number of alkyl carbamates (subject to hydrolysis) is 1. The molecule has 1 aliphatic heterocycles. The monoisotopic (exact) mass is 219 g/mol. The molecule has 2 rings (SSSR count). The fourth-order valence-corrected chi connectivity index (χ4v) is 1.87. The first kappa shape index (κ1) is 10.7. The van der Waals surface area contributed by atoms with Crippen LogP contribution < -0.4 is 5.32 Å². The number of esters is 1. The Morgan fingerprint density at radius 2 is 1.94 bits per heavy atom. The van der Waals surface area contributed by atoms with Crippen LogP contribution in [0.15, 0.2) is 30.3 Å². The number of rotatable bonds is 3. The van der Waals surface area contributed by atoms with E-state index in [2.05, 4.69) is 10.1 Å². The van der Waals surface area contributed by atoms with Gasteiger partial charge in [0.25, 0.3) is 0 Å². The zero-order valence-electron chi connectivity index (χ0n) is 9.03. The maximum Gasteiger partial charge on any atom is 0.415 e. The van der Waals surface area contributed by atoms with Crippen LogP contribution in [0.25, 0.3) is 0 Å². The fourth-order valence-electron chi connectivity index (χ4n) is 1.87. The average molecular weight is 219 g/mol. The van der Waals surface area contributed by atoms with Crippen LogP contribution in [0.5, 0.6) is 0 Å². The van der Waals surface area contributed by atoms with Crippen LogP contribution in [0.3, 0.4) is 0 Å². The quantitative estimate of drug-likeness (QED) is 0.621. The SMILES string of the molecule is CC[C@]1(Cc2ccccc2)NC(=O)OC1=O. The number of hydrogen-bond donors (Lipinski definition) is 1. The van der Waals surface area contributed by atoms with Gasteiger partial charge in [0.05, 0.1) is 0 Å². The molecule has 0 aliphatic carbocycles. The maximum absolute atomic E-state index is 11.6. The van der Waals surface area contributed by atoms with Gasteiger partial charge in [-0.2, -0.15) is 0 Å². The van der Waals surface area contributed by atoms with Crippen molar-refractivity contribution in [2.24, 2.45) is 0 Å². The summed E-state index contributed by atoms with van der Waals surface area (Å²) >= 11 is 0. The van der Waals surface area contributed by atoms with E-state index in [-0.39, 0.29) is 0 Å². The molecular weight excluding hydrogens is 206 g/mol. The summed E-state index contributed by atoms with van der Waals surface area (Å²) in [5, 5.41) is 2.60. The fraction of sp³-hybridized carbons (Fsp3) is 0.333. The minimum Gasteiger partial charge on any atom is -0.374 e. The number of carbonyl (C=O) groups is 2. The standard InChI is InChI=1S/C12H13NO3/c1-2-12(10(14)16-11(15)13-12)8-9-6-4-3-5-7-9/h3-7H,2,8H2,1H3,(H,13,15)/t12-/m1/s1. The van der Waals surface area contributed by atoms with Gasteiger partial charge in [-0.05, 0) is 12.0 Å². The normalized spacial score (nSPS) is 24.1. The van der Waals surface area contributed by atoms with Crippen molar-refractivity contribution in [3.05, 3.63) is 35.9 Å². The number of cyclic esters (lactones) is 2. The topological polar surface area (TPSA) is 55.4 Å². The third-order valence-electron chi connectivity index (χ3n) is 2.87. The van der Waals surface area contributed by atoms with E-state index >= 15 is 0 Å². The highest BCUT2D eigenvalue weighted by Crippen LogP contribution is 2.23. The van der Waals surface area contributed by atoms with E-state index in [1.807, 2.05) is 37.3 Å². The van der Waals surface area contributed by atoms with Crippen LogP contribution in [0.2, 0.25) is 0 Å². The summed E-state index contributed by atoms with van der Waals surface area (Å²) in [5.74, 6) is -0.483. The van der Waals surface area contributed by atoms with E-state index in [1.165, 1.54) is 0 Å². The summed E-state index contributed by atoms with van der Waals surface area (Å²) in [4.78, 5) is 22.7. The number of benzene rings is 1. The van der Waals surface area contributed by atoms with Gasteiger partial charge in [-0.1, -0.05) is 37.3 Å². The van der Waals surface area contributed by atoms with Crippen LogP contribution >= 0.6 is 0 Å². The molecule has 1 aromatic rings. The Morgan fingerprint density at radius 1 is 1.25 bits per heavy atom. The summed E-state index contributed by atoms with van der Waals surface area (Å²) in [5.41, 5.74) is 0.113. The Hall–Kier alpha value is -1.84. The molecule has 0 aromatic heterocycles. The highest BCUT2D eigenvalue weighted by atomic mass is 16.6. The summed E-state index contributed by atoms with van der Waals surface area (Å²) in [7, 11) is 0. The van der Waals surface area contributed by atoms with Gasteiger partial charge in [0.2, 0.25) is 0 Å². The van der Waals surface area contributed by atoms with Crippen LogP contribution in [-0.2, 0) is 16.0 Å². The molecule has 4 heteroatoms. The molecule has 1 fully saturated rings. The van der Waals surface area contributed by atoms with Crippen molar-refractivity contribution in [2.75, 3.05) is 0 Å². The lowest BCUT2D eigenvalue weighted by Gasteiger charge is -2.22. The first-order chi connectivity index (χ1) is 7.66. The second-order valence-electron chi connectivity index (χ2n) is 3.90. The van der Waals surface area contributed by atoms with Gasteiger partial charge in [0, 0.05) is 6.42 Å². The molecular formula is C12H13NO3. The second kappa shape index (κ2) is 3.96. The van der Waals surface area contributed by atoms with Crippen molar-refractivity contribution in [1.29, 1.82) is 0 Å². The van der Waals surface area contributed by atoms with E-state index in [0.717, 1.165) is 5.56 Å². The number of ether oxygens (including phenoxy) is 1. The molecule has 1 aliphatic rings. The lowest BCUT2D eigenvalue weighted by molar-refractivity contribution is -0.139. The molecule has 1 atom stereocenters. The molecule has 0 saturated carbocycles. The first-order valence-corrected chi connectivity index (χ1v) is 5.24. The van der Waals surface area contributed by atoms with Crippen molar-refractivity contribution in [3.8, 4) is 0 Å². The minimum absolute atomic E-state index is 0.467. The maximum atomic E-state index is 11.6. The molecule has 1 amide bonds. The van der Waals surface area contributed by atoms with E-state index in [4.69, 9.17) is 0 Å². The van der Waals surface area contributed by atoms with Gasteiger partial charge in [-0.15, -0.1) is 0 Å². The molecule has 1 heterocycles. The smallest absolute Gasteiger partial charge is 0.374 e. The van der Waals surface area contributed by atoms with E-state index in [0.29, 0.717) is 12.8 Å². The summed E-state index contributed by atoms with van der Waals surface area (Å²) in [6.07, 6.45) is 0.337. The third-order valence-corrected chi connectivity index (χ3v) is 2.87. The molecule has 84 valence electrons. The van der Waals surface area contributed by atoms with Crippen molar-refractivity contribution in [1.82, 2.24) is 5.32 Å². The number of nitrogens with one attached hydrogen (secondary N) is 1. The Labute approximate surface area is 93.6 Å². The average Bonchev–Trinajstić information content (AvgIpc) is 2.56. The highest BCUT2D eigenvalue weighted by Gasteiger charge is 2.47. The molecule has 1 saturated heterocycles. The third kappa shape index (κ3) is 1.78. The lowest BCUT2D eigenvalue weighted by Crippen LogP contribution is -2.47. The van der Waals surface area contributed by atoms with Gasteiger partial charge in [0.1, 0.15) is 5.54 Å². The highest BCUT2D eigenvalue weighted by molar-refractivity contribution is 5.98. The Bertz CT molecular complexity index is 416. The van der Waals surface area contributed by atoms with Crippen LogP contribution in [0.4, 0.5) is 4.79 Å². The van der Waals surface area contributed by atoms with Gasteiger partial charge < -0.3 is 10.1 Å². The van der Waals surface area contributed by atoms with Crippen molar-refractivity contribution in [3.63, 3.8) is 0 Å². The van der Waals surface area contributed by atoms with E-state index in [1.54, 1.807) is 0 Å². The van der Waals surface area contributed by atoms with Crippen LogP contribution in [0.1, 0.15) is 18.9 Å². The Balaban J connectivity index is 2.24. The number of hydrogen-bond acceptors (Lipinski definition) is 3. The van der Waals surface area contributed by atoms with Crippen molar-refractivity contribution >= 4 is 12.1 Å². The molecule has 0 unspecified atom stereocenters. The molecule has 16 heavy (non-hydrogen) atoms. The number of carbonyl (C=O) groups excluding carboxylic acids is 2. The zero-order valence-corrected chi connectivity index (χ0v) is 9.03. The van der Waals surface area contributed by atoms with Gasteiger partial charge in [-0.25, -0.2) is 9.59 Å². The largest absolute Gasteiger partial charge is 0.415 e. The Kier molecular flexibility index (Phi) is 2.64. The molecule has 4 nitrogen and oxygen atoms in total. The van der Waals surface area contributed by atoms with Gasteiger partial charge in [0.15, 0.2) is 0 Å². The number of amides is 1. The Morgan fingerprint density at radius 3 is 2.44 bits per heavy atom. The van der Waals surface area contributed by atoms with Gasteiger partial charge >= 0.3 is 12.1 Å². The predicted molar refractivity (Wildman–Crippen MR) is 57.8 cm³/mol. The van der Waals surface area contributed by atoms with Crippen molar-refractivity contribution in [2.45, 2.75) is 25.3 Å². The zero-order chi connectivity index (χ0) is 11.6. The van der Waals surface area contributed by atoms with E-state index < -0.39 is 17.6 Å². The van der Waals surface area contributed by atoms with Gasteiger partial charge in [-0.3, -0.25) is 0 Å². The summed E-state index contributed by atoms with van der Waals surface area (Å²) in [6, 6.07) is 9.57. The predicted octanol–water partition coefficient (Wildman–Crippen LogP) is 1.64. The molecule has 0 radical (unpaired) electrons. The molecule has 0 bridgehead atoms. The second-order valence-corrected chi connectivity index (χ2v) is 3.90. The van der Waals surface area contributed by atoms with Crippen molar-refractivity contribution < 1.29 is 14.3 Å². The van der Waals surface area contributed by atoms with Crippen LogP contribution in [0, 0.1) is 0 Å². The minimum atomic E-state index is -0.890. The first-order valence-electron chi connectivity index (χ1n) is 5.24. The molecule has 1 N–H and O–H groups in total. The summed E-state index contributed by atoms with van der Waals surface area (Å²) < 4.78 is 4.55. The van der Waals surface area contributed by atoms with E-state index in [9.17, 15) is 9.59 Å². The lowest BCUT2D eigenvalue weighted by atomic mass is 9.89. The molecule has 0 spiro atoms.